The monoisotopic (exact) mass is 281 g/mol. The SMILES string of the molecule is O=C(NCCCN1CCCC1)Nc1ccccc1Cl. The van der Waals surface area contributed by atoms with Crippen molar-refractivity contribution in [1.82, 2.24) is 10.2 Å². The number of amides is 2. The highest BCUT2D eigenvalue weighted by Crippen LogP contribution is 2.19. The van der Waals surface area contributed by atoms with Crippen molar-refractivity contribution in [2.45, 2.75) is 19.3 Å². The molecule has 1 aromatic rings. The second kappa shape index (κ2) is 7.36. The van der Waals surface area contributed by atoms with E-state index in [9.17, 15) is 4.79 Å². The van der Waals surface area contributed by atoms with Gasteiger partial charge in [-0.05, 0) is 51.0 Å². The normalized spacial score (nSPS) is 15.4. The molecule has 0 saturated carbocycles. The molecule has 0 aliphatic carbocycles. The van der Waals surface area contributed by atoms with Crippen molar-refractivity contribution in [3.05, 3.63) is 29.3 Å². The molecule has 4 nitrogen and oxygen atoms in total. The summed E-state index contributed by atoms with van der Waals surface area (Å²) >= 11 is 5.97. The Kier molecular flexibility index (Phi) is 5.48. The summed E-state index contributed by atoms with van der Waals surface area (Å²) in [6.07, 6.45) is 3.59. The first kappa shape index (κ1) is 14.2. The van der Waals surface area contributed by atoms with Crippen LogP contribution in [0.4, 0.5) is 10.5 Å². The number of nitrogens with zero attached hydrogens (tertiary/aromatic N) is 1. The summed E-state index contributed by atoms with van der Waals surface area (Å²) in [4.78, 5) is 14.1. The molecule has 2 N–H and O–H groups in total. The van der Waals surface area contributed by atoms with Crippen molar-refractivity contribution in [2.24, 2.45) is 0 Å². The Morgan fingerprint density at radius 3 is 2.74 bits per heavy atom. The highest BCUT2D eigenvalue weighted by molar-refractivity contribution is 6.33. The molecule has 1 aromatic carbocycles. The van der Waals surface area contributed by atoms with Crippen molar-refractivity contribution in [2.75, 3.05) is 31.5 Å². The Morgan fingerprint density at radius 2 is 2.00 bits per heavy atom. The lowest BCUT2D eigenvalue weighted by atomic mass is 10.3. The summed E-state index contributed by atoms with van der Waals surface area (Å²) in [7, 11) is 0. The minimum absolute atomic E-state index is 0.200. The van der Waals surface area contributed by atoms with E-state index in [-0.39, 0.29) is 6.03 Å². The van der Waals surface area contributed by atoms with E-state index >= 15 is 0 Å². The van der Waals surface area contributed by atoms with E-state index in [2.05, 4.69) is 15.5 Å². The lowest BCUT2D eigenvalue weighted by Gasteiger charge is -2.14. The zero-order valence-electron chi connectivity index (χ0n) is 11.0. The number of benzene rings is 1. The average molecular weight is 282 g/mol. The first-order valence-electron chi connectivity index (χ1n) is 6.77. The molecule has 2 rings (SSSR count). The molecule has 104 valence electrons. The van der Waals surface area contributed by atoms with Gasteiger partial charge < -0.3 is 15.5 Å². The van der Waals surface area contributed by atoms with Crippen LogP contribution in [0.5, 0.6) is 0 Å². The summed E-state index contributed by atoms with van der Waals surface area (Å²) in [6, 6.07) is 7.02. The molecule has 1 heterocycles. The zero-order chi connectivity index (χ0) is 13.5. The Balaban J connectivity index is 1.63. The fourth-order valence-corrected chi connectivity index (χ4v) is 2.42. The second-order valence-corrected chi connectivity index (χ2v) is 5.17. The number of rotatable bonds is 5. The van der Waals surface area contributed by atoms with Crippen molar-refractivity contribution in [3.63, 3.8) is 0 Å². The van der Waals surface area contributed by atoms with Crippen molar-refractivity contribution >= 4 is 23.3 Å². The minimum atomic E-state index is -0.200. The average Bonchev–Trinajstić information content (AvgIpc) is 2.91. The number of urea groups is 1. The Labute approximate surface area is 119 Å². The van der Waals surface area contributed by atoms with E-state index in [1.165, 1.54) is 25.9 Å². The maximum atomic E-state index is 11.7. The number of para-hydroxylation sites is 1. The summed E-state index contributed by atoms with van der Waals surface area (Å²) < 4.78 is 0. The molecule has 0 spiro atoms. The number of halogens is 1. The van der Waals surface area contributed by atoms with Gasteiger partial charge in [0, 0.05) is 6.54 Å². The van der Waals surface area contributed by atoms with Crippen LogP contribution in [0.2, 0.25) is 5.02 Å². The molecule has 1 aliphatic rings. The number of carbonyl (C=O) groups is 1. The smallest absolute Gasteiger partial charge is 0.319 e. The van der Waals surface area contributed by atoms with E-state index in [1.54, 1.807) is 12.1 Å². The van der Waals surface area contributed by atoms with Crippen LogP contribution < -0.4 is 10.6 Å². The van der Waals surface area contributed by atoms with Gasteiger partial charge >= 0.3 is 6.03 Å². The van der Waals surface area contributed by atoms with Gasteiger partial charge in [-0.25, -0.2) is 4.79 Å². The number of carbonyl (C=O) groups excluding carboxylic acids is 1. The fourth-order valence-electron chi connectivity index (χ4n) is 2.24. The van der Waals surface area contributed by atoms with Crippen LogP contribution >= 0.6 is 11.6 Å². The molecule has 1 fully saturated rings. The van der Waals surface area contributed by atoms with Gasteiger partial charge in [0.25, 0.3) is 0 Å². The largest absolute Gasteiger partial charge is 0.338 e. The van der Waals surface area contributed by atoms with E-state index in [0.717, 1.165) is 13.0 Å². The predicted molar refractivity (Wildman–Crippen MR) is 78.8 cm³/mol. The third-order valence-corrected chi connectivity index (χ3v) is 3.59. The van der Waals surface area contributed by atoms with Crippen LogP contribution in [0.3, 0.4) is 0 Å². The Bertz CT molecular complexity index is 419. The molecule has 5 heteroatoms. The van der Waals surface area contributed by atoms with Gasteiger partial charge in [-0.15, -0.1) is 0 Å². The molecule has 0 bridgehead atoms. The lowest BCUT2D eigenvalue weighted by molar-refractivity contribution is 0.251. The highest BCUT2D eigenvalue weighted by Gasteiger charge is 2.10. The number of hydrogen-bond acceptors (Lipinski definition) is 2. The first-order valence-corrected chi connectivity index (χ1v) is 7.15. The van der Waals surface area contributed by atoms with E-state index in [1.807, 2.05) is 12.1 Å². The number of anilines is 1. The quantitative estimate of drug-likeness (QED) is 0.815. The van der Waals surface area contributed by atoms with Gasteiger partial charge in [0.05, 0.1) is 10.7 Å². The molecule has 1 aliphatic heterocycles. The number of nitrogens with one attached hydrogen (secondary N) is 2. The summed E-state index contributed by atoms with van der Waals surface area (Å²) in [5.74, 6) is 0. The molecular weight excluding hydrogens is 262 g/mol. The summed E-state index contributed by atoms with van der Waals surface area (Å²) in [5, 5.41) is 6.14. The molecule has 0 aromatic heterocycles. The van der Waals surface area contributed by atoms with Crippen LogP contribution in [-0.2, 0) is 0 Å². The maximum absolute atomic E-state index is 11.7. The molecule has 1 saturated heterocycles. The maximum Gasteiger partial charge on any atom is 0.319 e. The molecule has 0 unspecified atom stereocenters. The highest BCUT2D eigenvalue weighted by atomic mass is 35.5. The van der Waals surface area contributed by atoms with Crippen molar-refractivity contribution in [3.8, 4) is 0 Å². The van der Waals surface area contributed by atoms with Crippen LogP contribution in [-0.4, -0.2) is 37.1 Å². The zero-order valence-corrected chi connectivity index (χ0v) is 11.7. The van der Waals surface area contributed by atoms with Crippen LogP contribution in [0, 0.1) is 0 Å². The number of likely N-dealkylation sites (tertiary alicyclic amines) is 1. The van der Waals surface area contributed by atoms with Gasteiger partial charge in [0.15, 0.2) is 0 Å². The van der Waals surface area contributed by atoms with Gasteiger partial charge in [0.2, 0.25) is 0 Å². The first-order chi connectivity index (χ1) is 9.25. The fraction of sp³-hybridized carbons (Fsp3) is 0.500. The van der Waals surface area contributed by atoms with E-state index in [4.69, 9.17) is 11.6 Å². The van der Waals surface area contributed by atoms with Crippen LogP contribution in [0.15, 0.2) is 24.3 Å². The Morgan fingerprint density at radius 1 is 1.26 bits per heavy atom. The van der Waals surface area contributed by atoms with Crippen molar-refractivity contribution in [1.29, 1.82) is 0 Å². The van der Waals surface area contributed by atoms with E-state index < -0.39 is 0 Å². The molecule has 0 radical (unpaired) electrons. The summed E-state index contributed by atoms with van der Waals surface area (Å²) in [6.45, 7) is 4.15. The Hall–Kier alpha value is -1.26. The topological polar surface area (TPSA) is 44.4 Å². The van der Waals surface area contributed by atoms with Gasteiger partial charge in [0.1, 0.15) is 0 Å². The summed E-state index contributed by atoms with van der Waals surface area (Å²) in [5.41, 5.74) is 0.640. The molecular formula is C14H20ClN3O. The number of hydrogen-bond donors (Lipinski definition) is 2. The van der Waals surface area contributed by atoms with Gasteiger partial charge in [-0.1, -0.05) is 23.7 Å². The van der Waals surface area contributed by atoms with Crippen molar-refractivity contribution < 1.29 is 4.79 Å². The third-order valence-electron chi connectivity index (χ3n) is 3.26. The van der Waals surface area contributed by atoms with Crippen LogP contribution in [0.25, 0.3) is 0 Å². The molecule has 0 atom stereocenters. The predicted octanol–water partition coefficient (Wildman–Crippen LogP) is 2.95. The minimum Gasteiger partial charge on any atom is -0.338 e. The van der Waals surface area contributed by atoms with Crippen LogP contribution in [0.1, 0.15) is 19.3 Å². The molecule has 19 heavy (non-hydrogen) atoms. The lowest BCUT2D eigenvalue weighted by Crippen LogP contribution is -2.31. The standard InChI is InChI=1S/C14H20ClN3O/c15-12-6-1-2-7-13(12)17-14(19)16-8-5-11-18-9-3-4-10-18/h1-2,6-7H,3-5,8-11H2,(H2,16,17,19). The second-order valence-electron chi connectivity index (χ2n) is 4.76. The molecule has 2 amide bonds. The van der Waals surface area contributed by atoms with Gasteiger partial charge in [-0.2, -0.15) is 0 Å². The van der Waals surface area contributed by atoms with Gasteiger partial charge in [-0.3, -0.25) is 0 Å². The van der Waals surface area contributed by atoms with E-state index in [0.29, 0.717) is 17.3 Å². The third kappa shape index (κ3) is 4.73.